The molecule has 0 fully saturated rings. The average molecular weight is 233 g/mol. The highest BCUT2D eigenvalue weighted by Crippen LogP contribution is 2.46. The monoisotopic (exact) mass is 233 g/mol. The van der Waals surface area contributed by atoms with E-state index in [1.165, 1.54) is 23.1 Å². The second-order valence-electron chi connectivity index (χ2n) is 6.51. The van der Waals surface area contributed by atoms with Gasteiger partial charge < -0.3 is 5.32 Å². The Labute approximate surface area is 102 Å². The Balaban J connectivity index is 2.17. The molecule has 0 amide bonds. The zero-order valence-electron chi connectivity index (χ0n) is 10.8. The summed E-state index contributed by atoms with van der Waals surface area (Å²) in [6.07, 6.45) is 2.22. The fraction of sp³-hybridized carbons (Fsp3) is 0.600. The zero-order chi connectivity index (χ0) is 12.2. The van der Waals surface area contributed by atoms with Crippen molar-refractivity contribution in [2.75, 3.05) is 6.54 Å². The SMILES string of the molecule is CC(C)(C)C1NCC2CCc3cc(F)cc1c32. The van der Waals surface area contributed by atoms with E-state index < -0.39 is 0 Å². The first kappa shape index (κ1) is 11.2. The molecule has 2 unspecified atom stereocenters. The Morgan fingerprint density at radius 1 is 1.29 bits per heavy atom. The van der Waals surface area contributed by atoms with E-state index >= 15 is 0 Å². The molecule has 1 N–H and O–H groups in total. The van der Waals surface area contributed by atoms with Crippen LogP contribution in [0.2, 0.25) is 0 Å². The van der Waals surface area contributed by atoms with Gasteiger partial charge in [0.2, 0.25) is 0 Å². The predicted octanol–water partition coefficient (Wildman–Crippen LogP) is 3.55. The molecule has 2 atom stereocenters. The van der Waals surface area contributed by atoms with Crippen molar-refractivity contribution in [3.05, 3.63) is 34.6 Å². The van der Waals surface area contributed by atoms with Crippen LogP contribution < -0.4 is 5.32 Å². The third-order valence-corrected chi connectivity index (χ3v) is 4.18. The maximum atomic E-state index is 13.7. The summed E-state index contributed by atoms with van der Waals surface area (Å²) in [6.45, 7) is 7.71. The van der Waals surface area contributed by atoms with E-state index in [0.29, 0.717) is 5.92 Å². The highest BCUT2D eigenvalue weighted by Gasteiger charge is 2.37. The lowest BCUT2D eigenvalue weighted by molar-refractivity contribution is 0.254. The number of hydrogen-bond acceptors (Lipinski definition) is 1. The third kappa shape index (κ3) is 1.70. The molecule has 1 aliphatic heterocycles. The number of hydrogen-bond donors (Lipinski definition) is 1. The molecule has 0 bridgehead atoms. The maximum absolute atomic E-state index is 13.7. The van der Waals surface area contributed by atoms with Gasteiger partial charge in [0.1, 0.15) is 5.82 Å². The summed E-state index contributed by atoms with van der Waals surface area (Å²) in [5.41, 5.74) is 4.04. The average Bonchev–Trinajstić information content (AvgIpc) is 2.61. The minimum atomic E-state index is -0.0719. The van der Waals surface area contributed by atoms with Crippen LogP contribution >= 0.6 is 0 Å². The zero-order valence-corrected chi connectivity index (χ0v) is 10.8. The molecule has 0 saturated heterocycles. The lowest BCUT2D eigenvalue weighted by Gasteiger charge is -2.39. The molecule has 2 aliphatic rings. The largest absolute Gasteiger partial charge is 0.309 e. The summed E-state index contributed by atoms with van der Waals surface area (Å²) >= 11 is 0. The molecule has 0 spiro atoms. The molecule has 1 nitrogen and oxygen atoms in total. The molecule has 1 aliphatic carbocycles. The van der Waals surface area contributed by atoms with E-state index in [-0.39, 0.29) is 17.3 Å². The van der Waals surface area contributed by atoms with Crippen LogP contribution in [-0.4, -0.2) is 6.54 Å². The smallest absolute Gasteiger partial charge is 0.123 e. The van der Waals surface area contributed by atoms with E-state index in [1.807, 2.05) is 0 Å². The Kier molecular flexibility index (Phi) is 2.34. The van der Waals surface area contributed by atoms with Gasteiger partial charge in [0, 0.05) is 12.6 Å². The van der Waals surface area contributed by atoms with E-state index in [0.717, 1.165) is 13.0 Å². The topological polar surface area (TPSA) is 12.0 Å². The molecule has 0 aromatic heterocycles. The summed E-state index contributed by atoms with van der Waals surface area (Å²) in [5.74, 6) is 0.538. The highest BCUT2D eigenvalue weighted by molar-refractivity contribution is 5.46. The first-order chi connectivity index (χ1) is 7.97. The number of rotatable bonds is 0. The van der Waals surface area contributed by atoms with E-state index in [2.05, 4.69) is 26.1 Å². The summed E-state index contributed by atoms with van der Waals surface area (Å²) in [6, 6.07) is 3.77. The van der Waals surface area contributed by atoms with Crippen LogP contribution in [0.15, 0.2) is 12.1 Å². The lowest BCUT2D eigenvalue weighted by atomic mass is 9.76. The van der Waals surface area contributed by atoms with Crippen LogP contribution in [0.3, 0.4) is 0 Å². The minimum Gasteiger partial charge on any atom is -0.309 e. The first-order valence-electron chi connectivity index (χ1n) is 6.52. The van der Waals surface area contributed by atoms with Gasteiger partial charge in [-0.1, -0.05) is 20.8 Å². The molecule has 3 rings (SSSR count). The van der Waals surface area contributed by atoms with Gasteiger partial charge in [-0.15, -0.1) is 0 Å². The normalized spacial score (nSPS) is 27.1. The lowest BCUT2D eigenvalue weighted by Crippen LogP contribution is -2.39. The van der Waals surface area contributed by atoms with Crippen molar-refractivity contribution in [3.63, 3.8) is 0 Å². The van der Waals surface area contributed by atoms with Crippen LogP contribution in [0.5, 0.6) is 0 Å². The van der Waals surface area contributed by atoms with Gasteiger partial charge in [0.05, 0.1) is 0 Å². The van der Waals surface area contributed by atoms with Crippen molar-refractivity contribution < 1.29 is 4.39 Å². The van der Waals surface area contributed by atoms with Crippen molar-refractivity contribution in [1.29, 1.82) is 0 Å². The quantitative estimate of drug-likeness (QED) is 0.722. The molecular formula is C15H20FN. The Bertz CT molecular complexity index is 459. The summed E-state index contributed by atoms with van der Waals surface area (Å²) in [7, 11) is 0. The fourth-order valence-electron chi connectivity index (χ4n) is 3.46. The van der Waals surface area contributed by atoms with Gasteiger partial charge in [-0.25, -0.2) is 4.39 Å². The van der Waals surface area contributed by atoms with Crippen molar-refractivity contribution in [2.45, 2.75) is 45.6 Å². The van der Waals surface area contributed by atoms with Gasteiger partial charge in [-0.2, -0.15) is 0 Å². The molecular weight excluding hydrogens is 213 g/mol. The van der Waals surface area contributed by atoms with Crippen molar-refractivity contribution >= 4 is 0 Å². The molecule has 1 aromatic rings. The van der Waals surface area contributed by atoms with Crippen LogP contribution in [-0.2, 0) is 6.42 Å². The van der Waals surface area contributed by atoms with Gasteiger partial charge in [-0.05, 0) is 53.0 Å². The number of halogens is 1. The molecule has 2 heteroatoms. The van der Waals surface area contributed by atoms with Gasteiger partial charge in [-0.3, -0.25) is 0 Å². The second-order valence-corrected chi connectivity index (χ2v) is 6.51. The van der Waals surface area contributed by atoms with Crippen LogP contribution in [0.25, 0.3) is 0 Å². The van der Waals surface area contributed by atoms with Gasteiger partial charge in [0.15, 0.2) is 0 Å². The van der Waals surface area contributed by atoms with E-state index in [9.17, 15) is 4.39 Å². The number of aryl methyl sites for hydroxylation is 1. The predicted molar refractivity (Wildman–Crippen MR) is 67.7 cm³/mol. The fourth-order valence-corrected chi connectivity index (χ4v) is 3.46. The molecule has 1 aromatic carbocycles. The molecule has 0 saturated carbocycles. The summed E-state index contributed by atoms with van der Waals surface area (Å²) < 4.78 is 13.7. The number of nitrogens with one attached hydrogen (secondary N) is 1. The minimum absolute atomic E-state index is 0.0719. The molecule has 17 heavy (non-hydrogen) atoms. The van der Waals surface area contributed by atoms with Crippen molar-refractivity contribution in [3.8, 4) is 0 Å². The third-order valence-electron chi connectivity index (χ3n) is 4.18. The number of benzene rings is 1. The molecule has 1 heterocycles. The first-order valence-corrected chi connectivity index (χ1v) is 6.52. The Hall–Kier alpha value is -0.890. The standard InChI is InChI=1S/C15H20FN/c1-15(2,3)14-12-7-11(16)6-9-4-5-10(8-17-14)13(9)12/h6-7,10,14,17H,4-5,8H2,1-3H3. The summed E-state index contributed by atoms with van der Waals surface area (Å²) in [5, 5.41) is 3.61. The summed E-state index contributed by atoms with van der Waals surface area (Å²) in [4.78, 5) is 0. The highest BCUT2D eigenvalue weighted by atomic mass is 19.1. The van der Waals surface area contributed by atoms with E-state index in [1.54, 1.807) is 12.1 Å². The molecule has 92 valence electrons. The van der Waals surface area contributed by atoms with Crippen LogP contribution in [0.4, 0.5) is 4.39 Å². The van der Waals surface area contributed by atoms with Gasteiger partial charge >= 0.3 is 0 Å². The van der Waals surface area contributed by atoms with Gasteiger partial charge in [0.25, 0.3) is 0 Å². The van der Waals surface area contributed by atoms with Crippen LogP contribution in [0, 0.1) is 11.2 Å². The van der Waals surface area contributed by atoms with Crippen molar-refractivity contribution in [2.24, 2.45) is 5.41 Å². The Morgan fingerprint density at radius 2 is 2.06 bits per heavy atom. The second kappa shape index (κ2) is 3.55. The van der Waals surface area contributed by atoms with E-state index in [4.69, 9.17) is 0 Å². The molecule has 0 radical (unpaired) electrons. The van der Waals surface area contributed by atoms with Crippen molar-refractivity contribution in [1.82, 2.24) is 5.32 Å². The Morgan fingerprint density at radius 3 is 2.76 bits per heavy atom. The maximum Gasteiger partial charge on any atom is 0.123 e. The van der Waals surface area contributed by atoms with Crippen LogP contribution in [0.1, 0.15) is 55.8 Å².